The maximum absolute atomic E-state index is 12.2. The van der Waals surface area contributed by atoms with Crippen LogP contribution in [-0.2, 0) is 4.79 Å². The highest BCUT2D eigenvalue weighted by Crippen LogP contribution is 2.24. The summed E-state index contributed by atoms with van der Waals surface area (Å²) >= 11 is 0. The number of nitrogens with zero attached hydrogens (tertiary/aromatic N) is 1. The van der Waals surface area contributed by atoms with Gasteiger partial charge in [-0.3, -0.25) is 4.79 Å². The third-order valence-electron chi connectivity index (χ3n) is 3.65. The van der Waals surface area contributed by atoms with Crippen molar-refractivity contribution >= 4 is 11.6 Å². The molecule has 0 aliphatic heterocycles. The number of carbonyl (C=O) groups excluding carboxylic acids is 1. The number of carbonyl (C=O) groups is 1. The normalized spacial score (nSPS) is 15.9. The molecular formula is C16H20N2O2. The van der Waals surface area contributed by atoms with E-state index in [4.69, 9.17) is 10.00 Å². The molecule has 0 bridgehead atoms. The van der Waals surface area contributed by atoms with Crippen LogP contribution in [0.15, 0.2) is 24.3 Å². The van der Waals surface area contributed by atoms with Crippen LogP contribution in [0.5, 0.6) is 5.75 Å². The summed E-state index contributed by atoms with van der Waals surface area (Å²) in [6.45, 7) is 0.0355. The molecular weight excluding hydrogens is 252 g/mol. The lowest BCUT2D eigenvalue weighted by Gasteiger charge is -2.14. The fraction of sp³-hybridized carbons (Fsp3) is 0.500. The number of hydrogen-bond donors (Lipinski definition) is 1. The van der Waals surface area contributed by atoms with E-state index in [0.717, 1.165) is 31.4 Å². The second-order valence-electron chi connectivity index (χ2n) is 5.15. The molecule has 0 saturated heterocycles. The zero-order valence-electron chi connectivity index (χ0n) is 11.6. The zero-order valence-corrected chi connectivity index (χ0v) is 11.6. The van der Waals surface area contributed by atoms with Crippen LogP contribution >= 0.6 is 0 Å². The molecule has 1 N–H and O–H groups in total. The Balaban J connectivity index is 1.88. The second kappa shape index (κ2) is 7.54. The molecule has 1 amide bonds. The topological polar surface area (TPSA) is 62.1 Å². The van der Waals surface area contributed by atoms with Gasteiger partial charge in [-0.15, -0.1) is 0 Å². The van der Waals surface area contributed by atoms with Crippen molar-refractivity contribution in [3.8, 4) is 11.8 Å². The highest BCUT2D eigenvalue weighted by atomic mass is 16.5. The van der Waals surface area contributed by atoms with Crippen LogP contribution in [0.1, 0.15) is 38.5 Å². The highest BCUT2D eigenvalue weighted by molar-refractivity contribution is 5.92. The summed E-state index contributed by atoms with van der Waals surface area (Å²) in [7, 11) is 0. The van der Waals surface area contributed by atoms with Crippen molar-refractivity contribution in [3.05, 3.63) is 24.3 Å². The smallest absolute Gasteiger partial charge is 0.227 e. The van der Waals surface area contributed by atoms with Crippen LogP contribution in [0, 0.1) is 17.2 Å². The molecule has 0 aromatic heterocycles. The minimum absolute atomic E-state index is 0.0355. The van der Waals surface area contributed by atoms with Crippen molar-refractivity contribution in [2.75, 3.05) is 11.9 Å². The lowest BCUT2D eigenvalue weighted by Crippen LogP contribution is -2.22. The molecule has 2 rings (SSSR count). The Labute approximate surface area is 119 Å². The van der Waals surface area contributed by atoms with Crippen molar-refractivity contribution in [1.82, 2.24) is 0 Å². The third-order valence-corrected chi connectivity index (χ3v) is 3.65. The molecule has 1 aliphatic carbocycles. The number of nitriles is 1. The van der Waals surface area contributed by atoms with E-state index in [0.29, 0.717) is 5.75 Å². The van der Waals surface area contributed by atoms with Gasteiger partial charge in [-0.25, -0.2) is 0 Å². The number of benzene rings is 1. The quantitative estimate of drug-likeness (QED) is 0.853. The van der Waals surface area contributed by atoms with Gasteiger partial charge in [-0.2, -0.15) is 5.26 Å². The van der Waals surface area contributed by atoms with Crippen molar-refractivity contribution in [1.29, 1.82) is 5.26 Å². The van der Waals surface area contributed by atoms with Gasteiger partial charge in [0, 0.05) is 11.6 Å². The summed E-state index contributed by atoms with van der Waals surface area (Å²) in [5, 5.41) is 11.4. The number of nitrogens with one attached hydrogen (secondary N) is 1. The van der Waals surface area contributed by atoms with Crippen molar-refractivity contribution in [2.45, 2.75) is 38.5 Å². The summed E-state index contributed by atoms with van der Waals surface area (Å²) < 4.78 is 5.17. The first-order valence-electron chi connectivity index (χ1n) is 7.20. The fourth-order valence-electron chi connectivity index (χ4n) is 2.54. The predicted molar refractivity (Wildman–Crippen MR) is 77.4 cm³/mol. The van der Waals surface area contributed by atoms with E-state index in [2.05, 4.69) is 5.32 Å². The number of ether oxygens (including phenoxy) is 1. The van der Waals surface area contributed by atoms with Gasteiger partial charge in [-0.1, -0.05) is 25.7 Å². The van der Waals surface area contributed by atoms with Gasteiger partial charge in [-0.05, 0) is 37.1 Å². The standard InChI is InChI=1S/C16H20N2O2/c17-11-12-20-15-9-7-14(8-10-15)18-16(19)13-5-3-1-2-4-6-13/h7-10,13H,1-6,12H2,(H,18,19). The maximum atomic E-state index is 12.2. The van der Waals surface area contributed by atoms with Crippen molar-refractivity contribution in [3.63, 3.8) is 0 Å². The number of amides is 1. The Morgan fingerprint density at radius 3 is 2.45 bits per heavy atom. The Hall–Kier alpha value is -2.02. The van der Waals surface area contributed by atoms with E-state index in [-0.39, 0.29) is 18.4 Å². The molecule has 1 aliphatic rings. The summed E-state index contributed by atoms with van der Waals surface area (Å²) in [5.74, 6) is 0.906. The van der Waals surface area contributed by atoms with Crippen molar-refractivity contribution < 1.29 is 9.53 Å². The molecule has 106 valence electrons. The van der Waals surface area contributed by atoms with Crippen LogP contribution in [-0.4, -0.2) is 12.5 Å². The van der Waals surface area contributed by atoms with E-state index >= 15 is 0 Å². The lowest BCUT2D eigenvalue weighted by molar-refractivity contribution is -0.120. The Kier molecular flexibility index (Phi) is 5.43. The van der Waals surface area contributed by atoms with Gasteiger partial charge in [0.15, 0.2) is 6.61 Å². The zero-order chi connectivity index (χ0) is 14.2. The third kappa shape index (κ3) is 4.27. The summed E-state index contributed by atoms with van der Waals surface area (Å²) in [5.41, 5.74) is 0.781. The van der Waals surface area contributed by atoms with E-state index in [9.17, 15) is 4.79 Å². The summed E-state index contributed by atoms with van der Waals surface area (Å²) in [4.78, 5) is 12.2. The monoisotopic (exact) mass is 272 g/mol. The molecule has 0 unspecified atom stereocenters. The van der Waals surface area contributed by atoms with E-state index in [1.54, 1.807) is 24.3 Å². The number of rotatable bonds is 4. The minimum atomic E-state index is 0.0355. The molecule has 20 heavy (non-hydrogen) atoms. The summed E-state index contributed by atoms with van der Waals surface area (Å²) in [6, 6.07) is 9.06. The average Bonchev–Trinajstić information content (AvgIpc) is 2.75. The molecule has 1 saturated carbocycles. The number of hydrogen-bond acceptors (Lipinski definition) is 3. The first-order chi connectivity index (χ1) is 9.79. The second-order valence-corrected chi connectivity index (χ2v) is 5.15. The van der Waals surface area contributed by atoms with Crippen LogP contribution in [0.2, 0.25) is 0 Å². The molecule has 0 radical (unpaired) electrons. The first-order valence-corrected chi connectivity index (χ1v) is 7.20. The van der Waals surface area contributed by atoms with E-state index in [1.165, 1.54) is 12.8 Å². The van der Waals surface area contributed by atoms with Gasteiger partial charge in [0.05, 0.1) is 0 Å². The maximum Gasteiger partial charge on any atom is 0.227 e. The molecule has 1 aromatic carbocycles. The predicted octanol–water partition coefficient (Wildman–Crippen LogP) is 3.50. The Morgan fingerprint density at radius 1 is 1.20 bits per heavy atom. The van der Waals surface area contributed by atoms with Crippen LogP contribution in [0.3, 0.4) is 0 Å². The Bertz CT molecular complexity index is 468. The highest BCUT2D eigenvalue weighted by Gasteiger charge is 2.19. The fourth-order valence-corrected chi connectivity index (χ4v) is 2.54. The SMILES string of the molecule is N#CCOc1ccc(NC(=O)C2CCCCCC2)cc1. The molecule has 0 spiro atoms. The Morgan fingerprint density at radius 2 is 1.85 bits per heavy atom. The van der Waals surface area contributed by atoms with Crippen LogP contribution < -0.4 is 10.1 Å². The van der Waals surface area contributed by atoms with Crippen molar-refractivity contribution in [2.24, 2.45) is 5.92 Å². The molecule has 1 fully saturated rings. The van der Waals surface area contributed by atoms with Gasteiger partial charge in [0.1, 0.15) is 11.8 Å². The average molecular weight is 272 g/mol. The van der Waals surface area contributed by atoms with Gasteiger partial charge in [0.25, 0.3) is 0 Å². The minimum Gasteiger partial charge on any atom is -0.479 e. The first kappa shape index (κ1) is 14.4. The van der Waals surface area contributed by atoms with E-state index < -0.39 is 0 Å². The van der Waals surface area contributed by atoms with Gasteiger partial charge in [0.2, 0.25) is 5.91 Å². The molecule has 0 atom stereocenters. The van der Waals surface area contributed by atoms with E-state index in [1.807, 2.05) is 6.07 Å². The molecule has 1 aromatic rings. The lowest BCUT2D eigenvalue weighted by atomic mass is 9.99. The van der Waals surface area contributed by atoms with Crippen LogP contribution in [0.25, 0.3) is 0 Å². The number of anilines is 1. The molecule has 0 heterocycles. The molecule has 4 nitrogen and oxygen atoms in total. The summed E-state index contributed by atoms with van der Waals surface area (Å²) in [6.07, 6.45) is 6.78. The molecule has 4 heteroatoms. The van der Waals surface area contributed by atoms with Gasteiger partial charge >= 0.3 is 0 Å². The largest absolute Gasteiger partial charge is 0.479 e. The van der Waals surface area contributed by atoms with Crippen LogP contribution in [0.4, 0.5) is 5.69 Å². The van der Waals surface area contributed by atoms with Gasteiger partial charge < -0.3 is 10.1 Å².